The fourth-order valence-corrected chi connectivity index (χ4v) is 4.08. The fraction of sp³-hybridized carbons (Fsp3) is 0.269. The molecule has 3 aromatic carbocycles. The second-order valence-corrected chi connectivity index (χ2v) is 7.71. The van der Waals surface area contributed by atoms with E-state index in [4.69, 9.17) is 4.74 Å². The molecule has 0 saturated carbocycles. The van der Waals surface area contributed by atoms with Crippen LogP contribution in [0, 0.1) is 6.92 Å². The number of amides is 1. The fourth-order valence-electron chi connectivity index (χ4n) is 4.08. The standard InChI is InChI=1S/C26H27NO2/c1-19-9-7-14-22(17-19)26(21-11-3-2-4-12-21)27-25(28)18-29-24-16-8-13-20-10-5-6-15-23(20)24/h2-4,7-9,11-14,16-17,26H,5-6,10,15,18H2,1H3,(H,27,28)/t26-/m0/s1. The summed E-state index contributed by atoms with van der Waals surface area (Å²) in [6.07, 6.45) is 4.54. The Labute approximate surface area is 172 Å². The average molecular weight is 386 g/mol. The van der Waals surface area contributed by atoms with Gasteiger partial charge in [0.15, 0.2) is 6.61 Å². The van der Waals surface area contributed by atoms with Crippen molar-refractivity contribution >= 4 is 5.91 Å². The third kappa shape index (κ3) is 4.68. The first-order valence-corrected chi connectivity index (χ1v) is 10.3. The van der Waals surface area contributed by atoms with Gasteiger partial charge >= 0.3 is 0 Å². The summed E-state index contributed by atoms with van der Waals surface area (Å²) >= 11 is 0. The first-order valence-electron chi connectivity index (χ1n) is 10.3. The third-order valence-electron chi connectivity index (χ3n) is 5.53. The number of aryl methyl sites for hydroxylation is 2. The quantitative estimate of drug-likeness (QED) is 0.637. The summed E-state index contributed by atoms with van der Waals surface area (Å²) in [5.74, 6) is 0.734. The number of nitrogens with one attached hydrogen (secondary N) is 1. The van der Waals surface area contributed by atoms with Crippen molar-refractivity contribution in [2.24, 2.45) is 0 Å². The van der Waals surface area contributed by atoms with Crippen LogP contribution in [0.1, 0.15) is 46.7 Å². The van der Waals surface area contributed by atoms with Crippen molar-refractivity contribution in [3.05, 3.63) is 101 Å². The van der Waals surface area contributed by atoms with Crippen molar-refractivity contribution in [1.29, 1.82) is 0 Å². The lowest BCUT2D eigenvalue weighted by molar-refractivity contribution is -0.123. The van der Waals surface area contributed by atoms with Gasteiger partial charge in [0, 0.05) is 0 Å². The van der Waals surface area contributed by atoms with Gasteiger partial charge in [-0.3, -0.25) is 4.79 Å². The van der Waals surface area contributed by atoms with Gasteiger partial charge in [0.1, 0.15) is 5.75 Å². The molecule has 148 valence electrons. The van der Waals surface area contributed by atoms with Crippen LogP contribution in [0.25, 0.3) is 0 Å². The molecule has 1 atom stereocenters. The maximum absolute atomic E-state index is 12.8. The van der Waals surface area contributed by atoms with Crippen molar-refractivity contribution < 1.29 is 9.53 Å². The van der Waals surface area contributed by atoms with Crippen LogP contribution in [0.2, 0.25) is 0 Å². The second-order valence-electron chi connectivity index (χ2n) is 7.71. The van der Waals surface area contributed by atoms with Gasteiger partial charge in [0.05, 0.1) is 6.04 Å². The summed E-state index contributed by atoms with van der Waals surface area (Å²) in [5.41, 5.74) is 5.93. The number of hydrogen-bond acceptors (Lipinski definition) is 2. The molecule has 0 aliphatic heterocycles. The van der Waals surface area contributed by atoms with E-state index in [1.54, 1.807) is 0 Å². The van der Waals surface area contributed by atoms with Gasteiger partial charge in [-0.2, -0.15) is 0 Å². The van der Waals surface area contributed by atoms with Crippen LogP contribution in [-0.4, -0.2) is 12.5 Å². The maximum atomic E-state index is 12.8. The van der Waals surface area contributed by atoms with Crippen molar-refractivity contribution in [2.75, 3.05) is 6.61 Å². The van der Waals surface area contributed by atoms with E-state index >= 15 is 0 Å². The van der Waals surface area contributed by atoms with Gasteiger partial charge in [0.25, 0.3) is 5.91 Å². The van der Waals surface area contributed by atoms with Crippen molar-refractivity contribution in [1.82, 2.24) is 5.32 Å². The molecule has 0 spiro atoms. The lowest BCUT2D eigenvalue weighted by Gasteiger charge is -2.22. The molecule has 4 rings (SSSR count). The summed E-state index contributed by atoms with van der Waals surface area (Å²) in [7, 11) is 0. The van der Waals surface area contributed by atoms with Crippen LogP contribution in [0.15, 0.2) is 72.8 Å². The van der Waals surface area contributed by atoms with Crippen molar-refractivity contribution in [3.63, 3.8) is 0 Å². The smallest absolute Gasteiger partial charge is 0.258 e. The summed E-state index contributed by atoms with van der Waals surface area (Å²) in [6, 6.07) is 24.3. The number of hydrogen-bond donors (Lipinski definition) is 1. The van der Waals surface area contributed by atoms with Crippen LogP contribution in [-0.2, 0) is 17.6 Å². The van der Waals surface area contributed by atoms with Crippen molar-refractivity contribution in [2.45, 2.75) is 38.6 Å². The number of fused-ring (bicyclic) bond motifs is 1. The minimum atomic E-state index is -0.197. The number of carbonyl (C=O) groups is 1. The Morgan fingerprint density at radius 3 is 2.52 bits per heavy atom. The summed E-state index contributed by atoms with van der Waals surface area (Å²) in [4.78, 5) is 12.8. The topological polar surface area (TPSA) is 38.3 Å². The maximum Gasteiger partial charge on any atom is 0.258 e. The van der Waals surface area contributed by atoms with Gasteiger partial charge in [0.2, 0.25) is 0 Å². The van der Waals surface area contributed by atoms with E-state index in [0.717, 1.165) is 29.7 Å². The van der Waals surface area contributed by atoms with Crippen LogP contribution in [0.4, 0.5) is 0 Å². The number of ether oxygens (including phenoxy) is 1. The Balaban J connectivity index is 1.49. The van der Waals surface area contributed by atoms with E-state index in [1.165, 1.54) is 29.5 Å². The van der Waals surface area contributed by atoms with Crippen molar-refractivity contribution in [3.8, 4) is 5.75 Å². The molecule has 0 unspecified atom stereocenters. The number of benzene rings is 3. The second kappa shape index (κ2) is 8.95. The molecular weight excluding hydrogens is 358 g/mol. The van der Waals surface area contributed by atoms with E-state index in [1.807, 2.05) is 48.5 Å². The Morgan fingerprint density at radius 2 is 1.69 bits per heavy atom. The highest BCUT2D eigenvalue weighted by molar-refractivity contribution is 5.78. The summed E-state index contributed by atoms with van der Waals surface area (Å²) < 4.78 is 5.95. The van der Waals surface area contributed by atoms with Gasteiger partial charge in [-0.05, 0) is 60.9 Å². The van der Waals surface area contributed by atoms with E-state index in [-0.39, 0.29) is 18.6 Å². The summed E-state index contributed by atoms with van der Waals surface area (Å²) in [5, 5.41) is 3.16. The van der Waals surface area contributed by atoms with Crippen LogP contribution >= 0.6 is 0 Å². The largest absolute Gasteiger partial charge is 0.483 e. The predicted molar refractivity (Wildman–Crippen MR) is 116 cm³/mol. The molecule has 3 nitrogen and oxygen atoms in total. The molecule has 0 fully saturated rings. The van der Waals surface area contributed by atoms with Crippen LogP contribution < -0.4 is 10.1 Å². The van der Waals surface area contributed by atoms with Gasteiger partial charge in [-0.15, -0.1) is 0 Å². The van der Waals surface area contributed by atoms with Crippen LogP contribution in [0.3, 0.4) is 0 Å². The average Bonchev–Trinajstić information content (AvgIpc) is 2.76. The van der Waals surface area contributed by atoms with Gasteiger partial charge in [-0.25, -0.2) is 0 Å². The molecule has 3 aromatic rings. The van der Waals surface area contributed by atoms with Crippen LogP contribution in [0.5, 0.6) is 5.75 Å². The zero-order valence-electron chi connectivity index (χ0n) is 16.9. The molecule has 1 N–H and O–H groups in total. The monoisotopic (exact) mass is 385 g/mol. The zero-order valence-corrected chi connectivity index (χ0v) is 16.9. The molecular formula is C26H27NO2. The minimum absolute atomic E-state index is 0.0194. The Morgan fingerprint density at radius 1 is 0.931 bits per heavy atom. The summed E-state index contributed by atoms with van der Waals surface area (Å²) in [6.45, 7) is 2.08. The molecule has 3 heteroatoms. The normalized spacial score (nSPS) is 14.0. The highest BCUT2D eigenvalue weighted by Crippen LogP contribution is 2.29. The van der Waals surface area contributed by atoms with E-state index in [2.05, 4.69) is 36.5 Å². The molecule has 0 saturated heterocycles. The lowest BCUT2D eigenvalue weighted by Crippen LogP contribution is -2.33. The Bertz CT molecular complexity index is 981. The van der Waals surface area contributed by atoms with Gasteiger partial charge < -0.3 is 10.1 Å². The van der Waals surface area contributed by atoms with Gasteiger partial charge in [-0.1, -0.05) is 72.3 Å². The molecule has 1 aliphatic carbocycles. The lowest BCUT2D eigenvalue weighted by atomic mass is 9.91. The molecule has 0 aromatic heterocycles. The predicted octanol–water partition coefficient (Wildman–Crippen LogP) is 5.16. The van der Waals surface area contributed by atoms with E-state index in [0.29, 0.717) is 0 Å². The molecule has 1 aliphatic rings. The first-order chi connectivity index (χ1) is 14.2. The molecule has 29 heavy (non-hydrogen) atoms. The first kappa shape index (κ1) is 19.3. The molecule has 0 heterocycles. The highest BCUT2D eigenvalue weighted by Gasteiger charge is 2.19. The molecule has 0 bridgehead atoms. The Kier molecular flexibility index (Phi) is 5.95. The van der Waals surface area contributed by atoms with E-state index in [9.17, 15) is 4.79 Å². The molecule has 1 amide bonds. The highest BCUT2D eigenvalue weighted by atomic mass is 16.5. The molecule has 0 radical (unpaired) electrons. The number of rotatable bonds is 6. The van der Waals surface area contributed by atoms with E-state index < -0.39 is 0 Å². The minimum Gasteiger partial charge on any atom is -0.483 e. The Hall–Kier alpha value is -3.07. The zero-order chi connectivity index (χ0) is 20.1. The third-order valence-corrected chi connectivity index (χ3v) is 5.53. The number of carbonyl (C=O) groups excluding carboxylic acids is 1. The SMILES string of the molecule is Cc1cccc([C@@H](NC(=O)COc2cccc3c2CCCC3)c2ccccc2)c1.